The Morgan fingerprint density at radius 3 is 1.60 bits per heavy atom. The predicted octanol–water partition coefficient (Wildman–Crippen LogP) is 12.3. The molecule has 2 saturated heterocycles. The molecule has 420 valence electrons. The lowest BCUT2D eigenvalue weighted by Crippen LogP contribution is -2.66. The van der Waals surface area contributed by atoms with Crippen LogP contribution in [-0.2, 0) is 50.5 Å². The second kappa shape index (κ2) is 25.1. The standard InChI is InChI=1S/C69H60N6O7S2/c76-61(71-60-42-25-44-74(60)67(79)80-47-58-63(77)75-59(43-45-83-64(58)75)65(78)81-62(49-26-9-1-10-27-49)50-28-11-2-12-29-50)46-57-48-84(73-82-69(54-36-19-6-20-37-54,55-38-21-7-22-39-55)56-40-23-8-24-41-56)66(70-57)72-68(51-30-13-3-14-31-51,52-32-15-4-16-33-52)53-34-17-5-18-35-53/h1-24,26-41,43,45,48,58-60,62,64H,25,42,44,46-47H2,(H,70,72)(H,71,76). The number of carbonyl (C=O) groups is 4. The molecule has 13 nitrogen and oxygen atoms in total. The van der Waals surface area contributed by atoms with Gasteiger partial charge in [-0.05, 0) is 68.8 Å². The number of nitrogens with zero attached hydrogens (tertiary/aromatic N) is 4. The van der Waals surface area contributed by atoms with E-state index in [4.69, 9.17) is 23.8 Å². The van der Waals surface area contributed by atoms with E-state index in [1.165, 1.54) is 21.6 Å². The summed E-state index contributed by atoms with van der Waals surface area (Å²) in [6.45, 7) is 0.144. The minimum absolute atomic E-state index is 0.139. The number of aliphatic imine (C=N–C) groups is 1. The molecule has 5 unspecified atom stereocenters. The Labute approximate surface area is 495 Å². The molecule has 3 amide bonds. The summed E-state index contributed by atoms with van der Waals surface area (Å²) in [5.41, 5.74) is 5.33. The van der Waals surface area contributed by atoms with Crippen LogP contribution in [0.3, 0.4) is 0 Å². The summed E-state index contributed by atoms with van der Waals surface area (Å²) in [5, 5.41) is 10.8. The number of thioether (sulfide) groups is 1. The Morgan fingerprint density at radius 2 is 1.11 bits per heavy atom. The second-order valence-corrected chi connectivity index (χ2v) is 23.1. The van der Waals surface area contributed by atoms with Crippen LogP contribution in [0.5, 0.6) is 0 Å². The van der Waals surface area contributed by atoms with Crippen LogP contribution in [0, 0.1) is 5.92 Å². The first kappa shape index (κ1) is 55.4. The highest BCUT2D eigenvalue weighted by atomic mass is 32.2. The second-order valence-electron chi connectivity index (χ2n) is 20.7. The normalized spacial score (nSPS) is 19.2. The van der Waals surface area contributed by atoms with Crippen molar-refractivity contribution in [3.63, 3.8) is 0 Å². The Balaban J connectivity index is 0.790. The van der Waals surface area contributed by atoms with Crippen molar-refractivity contribution in [1.82, 2.24) is 20.4 Å². The van der Waals surface area contributed by atoms with Gasteiger partial charge in [-0.25, -0.2) is 19.4 Å². The van der Waals surface area contributed by atoms with Crippen LogP contribution < -0.4 is 10.6 Å². The lowest BCUT2D eigenvalue weighted by Gasteiger charge is -2.50. The van der Waals surface area contributed by atoms with Gasteiger partial charge in [0.05, 0.1) is 17.5 Å². The highest BCUT2D eigenvalue weighted by molar-refractivity contribution is 8.05. The molecule has 4 aliphatic heterocycles. The lowest BCUT2D eigenvalue weighted by atomic mass is 9.77. The lowest BCUT2D eigenvalue weighted by molar-refractivity contribution is -0.168. The van der Waals surface area contributed by atoms with Gasteiger partial charge in [-0.3, -0.25) is 14.5 Å². The van der Waals surface area contributed by atoms with E-state index in [0.717, 1.165) is 44.5 Å². The summed E-state index contributed by atoms with van der Waals surface area (Å²) >= 11 is 1.39. The van der Waals surface area contributed by atoms with Crippen LogP contribution in [0.25, 0.3) is 0 Å². The number of ether oxygens (including phenoxy) is 2. The zero-order valence-corrected chi connectivity index (χ0v) is 47.3. The van der Waals surface area contributed by atoms with Gasteiger partial charge in [-0.2, -0.15) is 0 Å². The summed E-state index contributed by atoms with van der Waals surface area (Å²) in [5.74, 6) is -1.92. The number of benzene rings is 8. The average Bonchev–Trinajstić information content (AvgIpc) is 2.48. The molecule has 84 heavy (non-hydrogen) atoms. The largest absolute Gasteiger partial charge is 0.451 e. The Kier molecular flexibility index (Phi) is 16.6. The summed E-state index contributed by atoms with van der Waals surface area (Å²) in [6.07, 6.45) is 0.648. The number of likely N-dealkylation sites (tertiary alicyclic amines) is 1. The van der Waals surface area contributed by atoms with Crippen molar-refractivity contribution < 1.29 is 33.5 Å². The smallest absolute Gasteiger partial charge is 0.411 e. The van der Waals surface area contributed by atoms with Crippen LogP contribution in [0.15, 0.2) is 275 Å². The first-order valence-corrected chi connectivity index (χ1v) is 30.2. The summed E-state index contributed by atoms with van der Waals surface area (Å²) in [4.78, 5) is 71.5. The van der Waals surface area contributed by atoms with Crippen molar-refractivity contribution in [1.29, 1.82) is 0 Å². The molecule has 15 heteroatoms. The predicted molar refractivity (Wildman–Crippen MR) is 327 cm³/mol. The van der Waals surface area contributed by atoms with Gasteiger partial charge in [0.15, 0.2) is 16.9 Å². The molecule has 0 spiro atoms. The van der Waals surface area contributed by atoms with Gasteiger partial charge in [-0.1, -0.05) is 247 Å². The molecule has 0 aromatic heterocycles. The molecule has 0 radical (unpaired) electrons. The number of amidine groups is 1. The van der Waals surface area contributed by atoms with Crippen molar-refractivity contribution in [2.45, 2.75) is 54.1 Å². The highest BCUT2D eigenvalue weighted by Crippen LogP contribution is 2.44. The molecular weight excluding hydrogens is 1090 g/mol. The van der Waals surface area contributed by atoms with Crippen LogP contribution in [0.2, 0.25) is 0 Å². The topological polar surface area (TPSA) is 151 Å². The Morgan fingerprint density at radius 1 is 0.643 bits per heavy atom. The quantitative estimate of drug-likeness (QED) is 0.0370. The SMILES string of the molecule is O=C(CC1=C/S(=N\OC(c2ccccc2)(c2ccccc2)c2ccccc2)C(NC(c2ccccc2)(c2ccccc2)c2ccccc2)=N1)NC1CCCN1C(=O)OCC1C(=O)N2C(C(=O)OC(c3ccccc3)c3ccccc3)C=CSC12. The molecule has 0 bridgehead atoms. The monoisotopic (exact) mass is 1150 g/mol. The summed E-state index contributed by atoms with van der Waals surface area (Å²) < 4.78 is 17.2. The fraction of sp³-hybridized carbons (Fsp3) is 0.174. The third-order valence-corrected chi connectivity index (χ3v) is 18.1. The molecule has 4 heterocycles. The minimum Gasteiger partial charge on any atom is -0.451 e. The van der Waals surface area contributed by atoms with E-state index in [2.05, 4.69) is 47.0 Å². The number of nitrogens with one attached hydrogen (secondary N) is 2. The van der Waals surface area contributed by atoms with E-state index in [0.29, 0.717) is 30.3 Å². The van der Waals surface area contributed by atoms with Gasteiger partial charge in [0.2, 0.25) is 11.8 Å². The van der Waals surface area contributed by atoms with Crippen molar-refractivity contribution >= 4 is 51.5 Å². The zero-order chi connectivity index (χ0) is 57.3. The van der Waals surface area contributed by atoms with E-state index in [1.54, 1.807) is 11.5 Å². The van der Waals surface area contributed by atoms with Crippen molar-refractivity contribution in [3.05, 3.63) is 310 Å². The molecule has 2 N–H and O–H groups in total. The first-order chi connectivity index (χ1) is 41.3. The number of hydrogen-bond donors (Lipinski definition) is 2. The fourth-order valence-electron chi connectivity index (χ4n) is 11.5. The van der Waals surface area contributed by atoms with Crippen molar-refractivity contribution in [2.24, 2.45) is 15.4 Å². The number of rotatable bonds is 18. The van der Waals surface area contributed by atoms with E-state index >= 15 is 0 Å². The van der Waals surface area contributed by atoms with Gasteiger partial charge in [-0.15, -0.1) is 11.8 Å². The van der Waals surface area contributed by atoms with Crippen LogP contribution in [0.1, 0.15) is 69.9 Å². The maximum atomic E-state index is 14.4. The van der Waals surface area contributed by atoms with E-state index in [1.807, 2.05) is 212 Å². The van der Waals surface area contributed by atoms with Gasteiger partial charge in [0.25, 0.3) is 0 Å². The summed E-state index contributed by atoms with van der Waals surface area (Å²) in [6, 6.07) is 78.7. The van der Waals surface area contributed by atoms with Crippen LogP contribution in [0.4, 0.5) is 4.79 Å². The number of hydrogen-bond acceptors (Lipinski definition) is 11. The molecular formula is C69H60N6O7S2. The molecule has 4 aliphatic rings. The fourth-order valence-corrected chi connectivity index (χ4v) is 13.9. The zero-order valence-electron chi connectivity index (χ0n) is 45.7. The van der Waals surface area contributed by atoms with Crippen molar-refractivity contribution in [2.75, 3.05) is 13.2 Å². The van der Waals surface area contributed by atoms with Crippen LogP contribution in [-0.4, -0.2) is 69.6 Å². The molecule has 5 atom stereocenters. The number of esters is 1. The minimum atomic E-state index is -1.25. The maximum absolute atomic E-state index is 14.4. The first-order valence-electron chi connectivity index (χ1n) is 28.0. The van der Waals surface area contributed by atoms with Gasteiger partial charge in [0, 0.05) is 22.6 Å². The van der Waals surface area contributed by atoms with Gasteiger partial charge >= 0.3 is 12.1 Å². The Hall–Kier alpha value is -9.15. The number of fused-ring (bicyclic) bond motifs is 1. The van der Waals surface area contributed by atoms with Crippen molar-refractivity contribution in [3.8, 4) is 0 Å². The molecule has 8 aromatic rings. The molecule has 0 saturated carbocycles. The highest BCUT2D eigenvalue weighted by Gasteiger charge is 2.54. The summed E-state index contributed by atoms with van der Waals surface area (Å²) in [7, 11) is -1.25. The van der Waals surface area contributed by atoms with E-state index < -0.39 is 63.5 Å². The third-order valence-electron chi connectivity index (χ3n) is 15.6. The molecule has 8 aromatic carbocycles. The van der Waals surface area contributed by atoms with E-state index in [-0.39, 0.29) is 24.8 Å². The molecule has 12 rings (SSSR count). The van der Waals surface area contributed by atoms with Gasteiger partial charge < -0.3 is 25.0 Å². The van der Waals surface area contributed by atoms with Crippen LogP contribution >= 0.6 is 11.8 Å². The number of β-lactam (4-membered cyclic amide) rings is 1. The van der Waals surface area contributed by atoms with Gasteiger partial charge in [0.1, 0.15) is 30.3 Å². The third kappa shape index (κ3) is 11.2. The molecule has 2 fully saturated rings. The Bertz CT molecular complexity index is 3500. The van der Waals surface area contributed by atoms with E-state index in [9.17, 15) is 19.2 Å². The maximum Gasteiger partial charge on any atom is 0.411 e. The number of amides is 3. The molecule has 0 aliphatic carbocycles. The average molecular weight is 1150 g/mol. The number of carbonyl (C=O) groups excluding carboxylic acids is 4.